The number of methoxy groups -OCH3 is 1. The van der Waals surface area contributed by atoms with Gasteiger partial charge in [0.15, 0.2) is 0 Å². The predicted octanol–water partition coefficient (Wildman–Crippen LogP) is 2.25. The summed E-state index contributed by atoms with van der Waals surface area (Å²) < 4.78 is 5.22. The summed E-state index contributed by atoms with van der Waals surface area (Å²) in [6, 6.07) is 7.22. The molecule has 2 bridgehead atoms. The molecule has 4 aliphatic carbocycles. The van der Waals surface area contributed by atoms with E-state index < -0.39 is 0 Å². The second-order valence-corrected chi connectivity index (χ2v) is 6.87. The van der Waals surface area contributed by atoms with Crippen molar-refractivity contribution >= 4 is 17.5 Å². The van der Waals surface area contributed by atoms with Gasteiger partial charge in [-0.25, -0.2) is 4.90 Å². The van der Waals surface area contributed by atoms with Crippen LogP contribution in [0, 0.1) is 35.5 Å². The Morgan fingerprint density at radius 1 is 1.05 bits per heavy atom. The predicted molar refractivity (Wildman–Crippen MR) is 80.2 cm³/mol. The van der Waals surface area contributed by atoms with E-state index in [1.807, 2.05) is 18.2 Å². The van der Waals surface area contributed by atoms with Crippen molar-refractivity contribution in [2.75, 3.05) is 12.0 Å². The maximum absolute atomic E-state index is 12.9. The molecular formula is C18H17NO3. The van der Waals surface area contributed by atoms with Crippen molar-refractivity contribution in [3.63, 3.8) is 0 Å². The van der Waals surface area contributed by atoms with E-state index in [0.29, 0.717) is 23.3 Å². The van der Waals surface area contributed by atoms with Crippen LogP contribution in [0.2, 0.25) is 0 Å². The van der Waals surface area contributed by atoms with Crippen LogP contribution in [0.5, 0.6) is 5.75 Å². The summed E-state index contributed by atoms with van der Waals surface area (Å²) in [4.78, 5) is 27.3. The quantitative estimate of drug-likeness (QED) is 0.621. The van der Waals surface area contributed by atoms with Crippen molar-refractivity contribution in [2.24, 2.45) is 35.5 Å². The Hall–Kier alpha value is -2.10. The first-order valence-electron chi connectivity index (χ1n) is 7.91. The first-order chi connectivity index (χ1) is 10.7. The van der Waals surface area contributed by atoms with Gasteiger partial charge >= 0.3 is 0 Å². The normalized spacial score (nSPS) is 40.7. The average Bonchev–Trinajstić information content (AvgIpc) is 3.32. The Labute approximate surface area is 128 Å². The molecule has 0 spiro atoms. The molecule has 3 fully saturated rings. The average molecular weight is 295 g/mol. The van der Waals surface area contributed by atoms with Crippen LogP contribution in [-0.2, 0) is 9.59 Å². The van der Waals surface area contributed by atoms with Crippen molar-refractivity contribution in [2.45, 2.75) is 6.42 Å². The van der Waals surface area contributed by atoms with E-state index in [9.17, 15) is 9.59 Å². The van der Waals surface area contributed by atoms with Crippen LogP contribution >= 0.6 is 0 Å². The molecule has 22 heavy (non-hydrogen) atoms. The number of amides is 2. The van der Waals surface area contributed by atoms with Gasteiger partial charge in [0, 0.05) is 6.07 Å². The van der Waals surface area contributed by atoms with E-state index in [2.05, 4.69) is 12.2 Å². The smallest absolute Gasteiger partial charge is 0.238 e. The van der Waals surface area contributed by atoms with Crippen molar-refractivity contribution < 1.29 is 14.3 Å². The van der Waals surface area contributed by atoms with Gasteiger partial charge in [-0.05, 0) is 42.2 Å². The molecule has 112 valence electrons. The second-order valence-electron chi connectivity index (χ2n) is 6.87. The van der Waals surface area contributed by atoms with Gasteiger partial charge < -0.3 is 4.74 Å². The zero-order chi connectivity index (χ0) is 15.0. The number of carbonyl (C=O) groups excluding carboxylic acids is 2. The van der Waals surface area contributed by atoms with E-state index in [-0.39, 0.29) is 35.5 Å². The fraction of sp³-hybridized carbons (Fsp3) is 0.444. The van der Waals surface area contributed by atoms with Crippen LogP contribution < -0.4 is 9.64 Å². The number of hydrogen-bond acceptors (Lipinski definition) is 3. The van der Waals surface area contributed by atoms with Crippen molar-refractivity contribution in [3.8, 4) is 5.75 Å². The Morgan fingerprint density at radius 3 is 2.27 bits per heavy atom. The second kappa shape index (κ2) is 4.00. The molecule has 1 saturated heterocycles. The Balaban J connectivity index is 1.57. The number of anilines is 1. The maximum Gasteiger partial charge on any atom is 0.238 e. The lowest BCUT2D eigenvalue weighted by atomic mass is 9.63. The van der Waals surface area contributed by atoms with Crippen molar-refractivity contribution in [1.82, 2.24) is 0 Å². The molecule has 1 aliphatic heterocycles. The molecule has 0 aromatic heterocycles. The van der Waals surface area contributed by atoms with Gasteiger partial charge in [-0.2, -0.15) is 0 Å². The number of imide groups is 1. The highest BCUT2D eigenvalue weighted by molar-refractivity contribution is 6.22. The van der Waals surface area contributed by atoms with Gasteiger partial charge in [-0.3, -0.25) is 9.59 Å². The number of ether oxygens (including phenoxy) is 1. The van der Waals surface area contributed by atoms with E-state index in [4.69, 9.17) is 4.74 Å². The SMILES string of the molecule is COc1cccc(N2C(=O)C3C4C=CC(C5CC45)C3C2=O)c1. The molecule has 5 aliphatic rings. The third-order valence-corrected chi connectivity index (χ3v) is 5.97. The van der Waals surface area contributed by atoms with Crippen molar-refractivity contribution in [3.05, 3.63) is 36.4 Å². The van der Waals surface area contributed by atoms with Gasteiger partial charge in [-0.15, -0.1) is 0 Å². The summed E-state index contributed by atoms with van der Waals surface area (Å²) in [6.45, 7) is 0. The molecule has 6 atom stereocenters. The molecule has 6 unspecified atom stereocenters. The van der Waals surface area contributed by atoms with Crippen LogP contribution in [0.15, 0.2) is 36.4 Å². The molecule has 1 aromatic carbocycles. The van der Waals surface area contributed by atoms with E-state index >= 15 is 0 Å². The fourth-order valence-corrected chi connectivity index (χ4v) is 4.96. The molecule has 2 amide bonds. The van der Waals surface area contributed by atoms with Crippen LogP contribution in [0.3, 0.4) is 0 Å². The monoisotopic (exact) mass is 295 g/mol. The minimum absolute atomic E-state index is 0.0204. The summed E-state index contributed by atoms with van der Waals surface area (Å²) in [5, 5.41) is 0. The molecule has 0 radical (unpaired) electrons. The molecule has 2 saturated carbocycles. The number of benzene rings is 1. The Morgan fingerprint density at radius 2 is 1.68 bits per heavy atom. The molecule has 0 N–H and O–H groups in total. The highest BCUT2D eigenvalue weighted by atomic mass is 16.5. The van der Waals surface area contributed by atoms with Gasteiger partial charge in [0.2, 0.25) is 11.8 Å². The number of allylic oxidation sites excluding steroid dienone is 2. The third-order valence-electron chi connectivity index (χ3n) is 5.97. The summed E-state index contributed by atoms with van der Waals surface area (Å²) in [7, 11) is 1.59. The largest absolute Gasteiger partial charge is 0.497 e. The first-order valence-corrected chi connectivity index (χ1v) is 7.91. The van der Waals surface area contributed by atoms with E-state index in [1.54, 1.807) is 13.2 Å². The highest BCUT2D eigenvalue weighted by Gasteiger charge is 2.67. The minimum Gasteiger partial charge on any atom is -0.497 e. The Bertz CT molecular complexity index is 689. The van der Waals surface area contributed by atoms with Crippen LogP contribution in [0.1, 0.15) is 6.42 Å². The molecular weight excluding hydrogens is 278 g/mol. The summed E-state index contributed by atoms with van der Waals surface area (Å²) >= 11 is 0. The van der Waals surface area contributed by atoms with Gasteiger partial charge in [0.1, 0.15) is 5.75 Å². The standard InChI is InChI=1S/C18H17NO3/c1-22-10-4-2-3-9(7-10)19-17(20)15-11-5-6-12(14-8-13(11)14)16(15)18(19)21/h2-7,11-16H,8H2,1H3. The summed E-state index contributed by atoms with van der Waals surface area (Å²) in [6.07, 6.45) is 5.58. The lowest BCUT2D eigenvalue weighted by molar-refractivity contribution is -0.124. The molecule has 6 rings (SSSR count). The fourth-order valence-electron chi connectivity index (χ4n) is 4.96. The van der Waals surface area contributed by atoms with Crippen LogP contribution in [-0.4, -0.2) is 18.9 Å². The third kappa shape index (κ3) is 1.38. The molecule has 1 heterocycles. The van der Waals surface area contributed by atoms with Crippen LogP contribution in [0.25, 0.3) is 0 Å². The number of nitrogens with zero attached hydrogens (tertiary/aromatic N) is 1. The van der Waals surface area contributed by atoms with Gasteiger partial charge in [0.05, 0.1) is 24.6 Å². The lowest BCUT2D eigenvalue weighted by Gasteiger charge is -2.37. The molecule has 1 aromatic rings. The van der Waals surface area contributed by atoms with Gasteiger partial charge in [-0.1, -0.05) is 18.2 Å². The van der Waals surface area contributed by atoms with Gasteiger partial charge in [0.25, 0.3) is 0 Å². The lowest BCUT2D eigenvalue weighted by Crippen LogP contribution is -2.40. The summed E-state index contributed by atoms with van der Waals surface area (Å²) in [5.74, 6) is 2.16. The van der Waals surface area contributed by atoms with Crippen molar-refractivity contribution in [1.29, 1.82) is 0 Å². The molecule has 4 heteroatoms. The van der Waals surface area contributed by atoms with E-state index in [1.165, 1.54) is 11.3 Å². The zero-order valence-corrected chi connectivity index (χ0v) is 12.3. The maximum atomic E-state index is 12.9. The number of hydrogen-bond donors (Lipinski definition) is 0. The highest BCUT2D eigenvalue weighted by Crippen LogP contribution is 2.65. The first kappa shape index (κ1) is 12.4. The van der Waals surface area contributed by atoms with E-state index in [0.717, 1.165) is 0 Å². The zero-order valence-electron chi connectivity index (χ0n) is 12.3. The number of carbonyl (C=O) groups is 2. The minimum atomic E-state index is -0.141. The topological polar surface area (TPSA) is 46.6 Å². The Kier molecular flexibility index (Phi) is 2.26. The number of rotatable bonds is 2. The molecule has 4 nitrogen and oxygen atoms in total. The van der Waals surface area contributed by atoms with Crippen LogP contribution in [0.4, 0.5) is 5.69 Å². The summed E-state index contributed by atoms with van der Waals surface area (Å²) in [5.41, 5.74) is 0.636.